The zero-order valence-electron chi connectivity index (χ0n) is 14.8. The Morgan fingerprint density at radius 3 is 2.88 bits per heavy atom. The maximum atomic E-state index is 12.9. The molecule has 0 bridgehead atoms. The number of nitrogens with zero attached hydrogens (tertiary/aromatic N) is 3. The summed E-state index contributed by atoms with van der Waals surface area (Å²) in [5, 5.41) is 7.13. The Labute approximate surface area is 147 Å². The quantitative estimate of drug-likeness (QED) is 0.909. The zero-order valence-corrected chi connectivity index (χ0v) is 14.8. The molecule has 2 aromatic rings. The van der Waals surface area contributed by atoms with E-state index in [2.05, 4.69) is 16.5 Å². The van der Waals surface area contributed by atoms with Crippen LogP contribution in [0.3, 0.4) is 0 Å². The summed E-state index contributed by atoms with van der Waals surface area (Å²) in [5.41, 5.74) is 3.10. The van der Waals surface area contributed by atoms with Crippen LogP contribution in [0.15, 0.2) is 30.3 Å². The van der Waals surface area contributed by atoms with Gasteiger partial charge >= 0.3 is 0 Å². The Morgan fingerprint density at radius 1 is 1.28 bits per heavy atom. The van der Waals surface area contributed by atoms with Crippen LogP contribution in [0.2, 0.25) is 0 Å². The number of hydrogen-bond donors (Lipinski definition) is 1. The Morgan fingerprint density at radius 2 is 2.12 bits per heavy atom. The first-order chi connectivity index (χ1) is 12.1. The molecule has 0 radical (unpaired) electrons. The maximum Gasteiger partial charge on any atom is 0.272 e. The molecule has 25 heavy (non-hydrogen) atoms. The second-order valence-electron chi connectivity index (χ2n) is 6.46. The molecule has 3 rings (SSSR count). The van der Waals surface area contributed by atoms with Crippen molar-refractivity contribution >= 4 is 11.8 Å². The van der Waals surface area contributed by atoms with Crippen LogP contribution in [0.4, 0.5) is 0 Å². The van der Waals surface area contributed by atoms with E-state index in [0.29, 0.717) is 37.6 Å². The second kappa shape index (κ2) is 7.51. The van der Waals surface area contributed by atoms with Gasteiger partial charge in [0, 0.05) is 32.2 Å². The van der Waals surface area contributed by atoms with E-state index in [1.54, 1.807) is 10.7 Å². The lowest BCUT2D eigenvalue weighted by Crippen LogP contribution is -2.30. The van der Waals surface area contributed by atoms with Crippen molar-refractivity contribution < 1.29 is 9.59 Å². The number of amides is 2. The van der Waals surface area contributed by atoms with Crippen LogP contribution in [0.1, 0.15) is 51.9 Å². The standard InChI is InChI=1S/C19H24N4O2/c1-3-8-20-18(24)16-12-17-19(25)22(9-5-10-23(17)21-16)13-15-7-4-6-14(2)11-15/h4,6-7,11-12H,3,5,8-10,13H2,1-2H3,(H,20,24). The predicted molar refractivity (Wildman–Crippen MR) is 95.4 cm³/mol. The molecule has 0 atom stereocenters. The zero-order chi connectivity index (χ0) is 17.8. The van der Waals surface area contributed by atoms with Crippen molar-refractivity contribution in [3.8, 4) is 0 Å². The first kappa shape index (κ1) is 17.2. The Kier molecular flexibility index (Phi) is 5.16. The van der Waals surface area contributed by atoms with Crippen LogP contribution in [-0.2, 0) is 13.1 Å². The highest BCUT2D eigenvalue weighted by molar-refractivity contribution is 5.98. The van der Waals surface area contributed by atoms with E-state index >= 15 is 0 Å². The van der Waals surface area contributed by atoms with Gasteiger partial charge in [0.2, 0.25) is 0 Å². The predicted octanol–water partition coefficient (Wildman–Crippen LogP) is 2.38. The van der Waals surface area contributed by atoms with Gasteiger partial charge in [-0.05, 0) is 25.3 Å². The molecule has 0 saturated carbocycles. The summed E-state index contributed by atoms with van der Waals surface area (Å²) in [6, 6.07) is 9.80. The van der Waals surface area contributed by atoms with Crippen molar-refractivity contribution in [1.29, 1.82) is 0 Å². The molecule has 2 amide bonds. The van der Waals surface area contributed by atoms with Gasteiger partial charge in [0.1, 0.15) is 5.69 Å². The molecule has 1 aliphatic rings. The Balaban J connectivity index is 1.79. The molecule has 1 aromatic heterocycles. The highest BCUT2D eigenvalue weighted by Gasteiger charge is 2.26. The van der Waals surface area contributed by atoms with Crippen LogP contribution >= 0.6 is 0 Å². The molecule has 1 aromatic carbocycles. The van der Waals surface area contributed by atoms with E-state index in [-0.39, 0.29) is 11.8 Å². The summed E-state index contributed by atoms with van der Waals surface area (Å²) in [7, 11) is 0. The van der Waals surface area contributed by atoms with Crippen LogP contribution < -0.4 is 5.32 Å². The van der Waals surface area contributed by atoms with E-state index in [1.807, 2.05) is 36.9 Å². The fourth-order valence-corrected chi connectivity index (χ4v) is 3.06. The number of fused-ring (bicyclic) bond motifs is 1. The molecular weight excluding hydrogens is 316 g/mol. The fraction of sp³-hybridized carbons (Fsp3) is 0.421. The third kappa shape index (κ3) is 3.90. The average molecular weight is 340 g/mol. The average Bonchev–Trinajstić information content (AvgIpc) is 2.97. The van der Waals surface area contributed by atoms with Crippen LogP contribution in [-0.4, -0.2) is 39.6 Å². The van der Waals surface area contributed by atoms with E-state index in [1.165, 1.54) is 5.56 Å². The van der Waals surface area contributed by atoms with Gasteiger partial charge in [-0.25, -0.2) is 0 Å². The molecule has 6 heteroatoms. The number of benzene rings is 1. The van der Waals surface area contributed by atoms with E-state index < -0.39 is 0 Å². The first-order valence-corrected chi connectivity index (χ1v) is 8.79. The second-order valence-corrected chi connectivity index (χ2v) is 6.46. The number of hydrogen-bond acceptors (Lipinski definition) is 3. The lowest BCUT2D eigenvalue weighted by atomic mass is 10.1. The van der Waals surface area contributed by atoms with Crippen molar-refractivity contribution in [1.82, 2.24) is 20.0 Å². The summed E-state index contributed by atoms with van der Waals surface area (Å²) in [4.78, 5) is 26.9. The molecule has 0 aliphatic carbocycles. The highest BCUT2D eigenvalue weighted by atomic mass is 16.2. The van der Waals surface area contributed by atoms with Crippen LogP contribution in [0.5, 0.6) is 0 Å². The molecule has 0 fully saturated rings. The summed E-state index contributed by atoms with van der Waals surface area (Å²) in [5.74, 6) is -0.290. The molecule has 2 heterocycles. The van der Waals surface area contributed by atoms with E-state index in [0.717, 1.165) is 18.4 Å². The first-order valence-electron chi connectivity index (χ1n) is 8.79. The van der Waals surface area contributed by atoms with Crippen molar-refractivity contribution in [3.63, 3.8) is 0 Å². The molecule has 1 aliphatic heterocycles. The number of aromatic nitrogens is 2. The smallest absolute Gasteiger partial charge is 0.272 e. The van der Waals surface area contributed by atoms with Crippen molar-refractivity contribution in [2.75, 3.05) is 13.1 Å². The summed E-state index contributed by atoms with van der Waals surface area (Å²) >= 11 is 0. The number of nitrogens with one attached hydrogen (secondary N) is 1. The minimum absolute atomic E-state index is 0.0685. The van der Waals surface area contributed by atoms with Gasteiger partial charge < -0.3 is 10.2 Å². The lowest BCUT2D eigenvalue weighted by molar-refractivity contribution is 0.0745. The molecule has 132 valence electrons. The van der Waals surface area contributed by atoms with Crippen molar-refractivity contribution in [2.24, 2.45) is 0 Å². The van der Waals surface area contributed by atoms with Crippen molar-refractivity contribution in [3.05, 3.63) is 52.8 Å². The number of aryl methyl sites for hydroxylation is 2. The maximum absolute atomic E-state index is 12.9. The number of carbonyl (C=O) groups excluding carboxylic acids is 2. The summed E-state index contributed by atoms with van der Waals surface area (Å²) in [6.45, 7) is 6.55. The normalized spacial score (nSPS) is 14.2. The third-order valence-electron chi connectivity index (χ3n) is 4.31. The monoisotopic (exact) mass is 340 g/mol. The Hall–Kier alpha value is -2.63. The van der Waals surface area contributed by atoms with Gasteiger partial charge in [0.25, 0.3) is 11.8 Å². The Bertz CT molecular complexity index is 781. The fourth-order valence-electron chi connectivity index (χ4n) is 3.06. The topological polar surface area (TPSA) is 67.2 Å². The highest BCUT2D eigenvalue weighted by Crippen LogP contribution is 2.17. The SMILES string of the molecule is CCCNC(=O)c1cc2n(n1)CCCN(Cc1cccc(C)c1)C2=O. The largest absolute Gasteiger partial charge is 0.351 e. The number of carbonyl (C=O) groups is 2. The van der Waals surface area contributed by atoms with Gasteiger partial charge in [-0.1, -0.05) is 36.8 Å². The van der Waals surface area contributed by atoms with Gasteiger partial charge in [-0.3, -0.25) is 14.3 Å². The minimum Gasteiger partial charge on any atom is -0.351 e. The molecule has 0 unspecified atom stereocenters. The summed E-state index contributed by atoms with van der Waals surface area (Å²) in [6.07, 6.45) is 1.69. The van der Waals surface area contributed by atoms with Crippen LogP contribution in [0.25, 0.3) is 0 Å². The lowest BCUT2D eigenvalue weighted by Gasteiger charge is -2.20. The molecule has 0 saturated heterocycles. The van der Waals surface area contributed by atoms with Gasteiger partial charge in [0.15, 0.2) is 5.69 Å². The van der Waals surface area contributed by atoms with Crippen molar-refractivity contribution in [2.45, 2.75) is 39.8 Å². The van der Waals surface area contributed by atoms with Gasteiger partial charge in [-0.2, -0.15) is 5.10 Å². The minimum atomic E-state index is -0.222. The van der Waals surface area contributed by atoms with Crippen LogP contribution in [0, 0.1) is 6.92 Å². The molecule has 1 N–H and O–H groups in total. The van der Waals surface area contributed by atoms with E-state index in [4.69, 9.17) is 0 Å². The van der Waals surface area contributed by atoms with Gasteiger partial charge in [0.05, 0.1) is 0 Å². The molecule has 6 nitrogen and oxygen atoms in total. The number of rotatable bonds is 5. The molecular formula is C19H24N4O2. The summed E-state index contributed by atoms with van der Waals surface area (Å²) < 4.78 is 1.67. The van der Waals surface area contributed by atoms with Gasteiger partial charge in [-0.15, -0.1) is 0 Å². The van der Waals surface area contributed by atoms with E-state index in [9.17, 15) is 9.59 Å². The third-order valence-corrected chi connectivity index (χ3v) is 4.31. The molecule has 0 spiro atoms.